The quantitative estimate of drug-likeness (QED) is 0.751. The molecule has 0 spiro atoms. The van der Waals surface area contributed by atoms with Gasteiger partial charge in [0.15, 0.2) is 0 Å². The Bertz CT molecular complexity index is 946. The number of rotatable bonds is 4. The maximum atomic E-state index is 13.3. The first-order chi connectivity index (χ1) is 12.6. The second-order valence-electron chi connectivity index (χ2n) is 7.58. The van der Waals surface area contributed by atoms with Crippen molar-refractivity contribution < 1.29 is 13.7 Å². The molecule has 3 rings (SSSR count). The van der Waals surface area contributed by atoms with E-state index in [1.54, 1.807) is 30.7 Å². The third-order valence-corrected chi connectivity index (χ3v) is 4.34. The van der Waals surface area contributed by atoms with Crippen molar-refractivity contribution in [3.8, 4) is 5.69 Å². The molecule has 2 heterocycles. The second kappa shape index (κ2) is 6.98. The van der Waals surface area contributed by atoms with Crippen molar-refractivity contribution in [2.24, 2.45) is 0 Å². The van der Waals surface area contributed by atoms with E-state index < -0.39 is 0 Å². The highest BCUT2D eigenvalue weighted by molar-refractivity contribution is 5.92. The number of halogens is 1. The van der Waals surface area contributed by atoms with Crippen LogP contribution in [0.3, 0.4) is 0 Å². The molecule has 0 unspecified atom stereocenters. The van der Waals surface area contributed by atoms with E-state index >= 15 is 0 Å². The van der Waals surface area contributed by atoms with Crippen LogP contribution in [0.15, 0.2) is 34.9 Å². The maximum Gasteiger partial charge on any atom is 0.230 e. The molecule has 2 aromatic heterocycles. The minimum atomic E-state index is -0.328. The average Bonchev–Trinajstić information content (AvgIpc) is 3.14. The van der Waals surface area contributed by atoms with Gasteiger partial charge in [-0.25, -0.2) is 9.07 Å². The van der Waals surface area contributed by atoms with Gasteiger partial charge in [-0.2, -0.15) is 5.10 Å². The number of carbonyl (C=O) groups is 1. The number of aromatic nitrogens is 3. The molecule has 6 nitrogen and oxygen atoms in total. The number of nitrogens with one attached hydrogen (secondary N) is 1. The molecule has 142 valence electrons. The van der Waals surface area contributed by atoms with Crippen LogP contribution in [0.5, 0.6) is 0 Å². The molecular formula is C20H23FN4O2. The highest BCUT2D eigenvalue weighted by atomic mass is 19.1. The summed E-state index contributed by atoms with van der Waals surface area (Å²) in [7, 11) is 0. The van der Waals surface area contributed by atoms with Crippen LogP contribution in [0.1, 0.15) is 43.5 Å². The lowest BCUT2D eigenvalue weighted by atomic mass is 9.92. The summed E-state index contributed by atoms with van der Waals surface area (Å²) in [5, 5.41) is 11.4. The molecule has 0 saturated heterocycles. The fraction of sp³-hybridized carbons (Fsp3) is 0.350. The fourth-order valence-electron chi connectivity index (χ4n) is 2.72. The Morgan fingerprint density at radius 1 is 1.22 bits per heavy atom. The van der Waals surface area contributed by atoms with Gasteiger partial charge in [0, 0.05) is 17.0 Å². The van der Waals surface area contributed by atoms with Gasteiger partial charge < -0.3 is 9.84 Å². The summed E-state index contributed by atoms with van der Waals surface area (Å²) in [6.45, 7) is 9.71. The van der Waals surface area contributed by atoms with Crippen molar-refractivity contribution in [2.75, 3.05) is 5.32 Å². The number of benzene rings is 1. The minimum absolute atomic E-state index is 0.153. The predicted octanol–water partition coefficient (Wildman–Crippen LogP) is 4.09. The number of amides is 1. The Kier molecular flexibility index (Phi) is 4.87. The molecular weight excluding hydrogens is 347 g/mol. The third kappa shape index (κ3) is 4.07. The molecule has 0 radical (unpaired) electrons. The van der Waals surface area contributed by atoms with E-state index in [0.717, 1.165) is 11.3 Å². The molecule has 1 amide bonds. The summed E-state index contributed by atoms with van der Waals surface area (Å²) in [6, 6.07) is 7.82. The van der Waals surface area contributed by atoms with E-state index in [0.29, 0.717) is 23.0 Å². The summed E-state index contributed by atoms with van der Waals surface area (Å²) < 4.78 is 20.0. The largest absolute Gasteiger partial charge is 0.361 e. The van der Waals surface area contributed by atoms with Crippen LogP contribution < -0.4 is 5.32 Å². The Hall–Kier alpha value is -2.96. The molecule has 0 fully saturated rings. The SMILES string of the molecule is Cc1noc(C)c1CC(=O)Nc1cc(C(C)(C)C)nn1-c1ccc(F)cc1. The van der Waals surface area contributed by atoms with Crippen LogP contribution >= 0.6 is 0 Å². The van der Waals surface area contributed by atoms with Gasteiger partial charge in [-0.1, -0.05) is 25.9 Å². The van der Waals surface area contributed by atoms with Crippen molar-refractivity contribution in [1.82, 2.24) is 14.9 Å². The average molecular weight is 370 g/mol. The van der Waals surface area contributed by atoms with E-state index in [1.807, 2.05) is 26.8 Å². The first kappa shape index (κ1) is 18.8. The van der Waals surface area contributed by atoms with Gasteiger partial charge in [0.05, 0.1) is 23.5 Å². The van der Waals surface area contributed by atoms with Gasteiger partial charge in [0.2, 0.25) is 5.91 Å². The molecule has 0 atom stereocenters. The molecule has 27 heavy (non-hydrogen) atoms. The van der Waals surface area contributed by atoms with Crippen LogP contribution in [0.25, 0.3) is 5.69 Å². The molecule has 1 aromatic carbocycles. The van der Waals surface area contributed by atoms with Gasteiger partial charge >= 0.3 is 0 Å². The first-order valence-corrected chi connectivity index (χ1v) is 8.73. The van der Waals surface area contributed by atoms with Gasteiger partial charge in [-0.3, -0.25) is 4.79 Å². The van der Waals surface area contributed by atoms with Crippen molar-refractivity contribution in [1.29, 1.82) is 0 Å². The normalized spacial score (nSPS) is 11.6. The lowest BCUT2D eigenvalue weighted by Gasteiger charge is -2.14. The lowest BCUT2D eigenvalue weighted by molar-refractivity contribution is -0.115. The lowest BCUT2D eigenvalue weighted by Crippen LogP contribution is -2.17. The Labute approximate surface area is 157 Å². The Balaban J connectivity index is 1.92. The Morgan fingerprint density at radius 3 is 2.44 bits per heavy atom. The van der Waals surface area contributed by atoms with E-state index in [4.69, 9.17) is 4.52 Å². The summed E-state index contributed by atoms with van der Waals surface area (Å²) in [6.07, 6.45) is 0.153. The van der Waals surface area contributed by atoms with E-state index in [2.05, 4.69) is 15.6 Å². The van der Waals surface area contributed by atoms with Gasteiger partial charge in [0.25, 0.3) is 0 Å². The summed E-state index contributed by atoms with van der Waals surface area (Å²) in [5.41, 5.74) is 2.76. The van der Waals surface area contributed by atoms with Gasteiger partial charge in [-0.05, 0) is 38.1 Å². The maximum absolute atomic E-state index is 13.3. The van der Waals surface area contributed by atoms with E-state index in [9.17, 15) is 9.18 Å². The monoisotopic (exact) mass is 370 g/mol. The highest BCUT2D eigenvalue weighted by Crippen LogP contribution is 2.26. The van der Waals surface area contributed by atoms with Crippen LogP contribution in [0, 0.1) is 19.7 Å². The Morgan fingerprint density at radius 2 is 1.89 bits per heavy atom. The second-order valence-corrected chi connectivity index (χ2v) is 7.58. The van der Waals surface area contributed by atoms with Crippen LogP contribution in [0.2, 0.25) is 0 Å². The fourth-order valence-corrected chi connectivity index (χ4v) is 2.72. The number of carbonyl (C=O) groups excluding carboxylic acids is 1. The molecule has 0 aliphatic rings. The standard InChI is InChI=1S/C20H23FN4O2/c1-12-16(13(2)27-24-12)10-19(26)22-18-11-17(20(3,4)5)23-25(18)15-8-6-14(21)7-9-15/h6-9,11H,10H2,1-5H3,(H,22,26). The number of nitrogens with zero attached hydrogens (tertiary/aromatic N) is 3. The zero-order valence-corrected chi connectivity index (χ0v) is 16.1. The number of anilines is 1. The summed E-state index contributed by atoms with van der Waals surface area (Å²) >= 11 is 0. The molecule has 1 N–H and O–H groups in total. The number of hydrogen-bond acceptors (Lipinski definition) is 4. The van der Waals surface area contributed by atoms with Crippen molar-refractivity contribution in [3.63, 3.8) is 0 Å². The highest BCUT2D eigenvalue weighted by Gasteiger charge is 2.22. The summed E-state index contributed by atoms with van der Waals surface area (Å²) in [5.74, 6) is 0.632. The smallest absolute Gasteiger partial charge is 0.230 e. The molecule has 7 heteroatoms. The number of hydrogen-bond donors (Lipinski definition) is 1. The topological polar surface area (TPSA) is 73.0 Å². The third-order valence-electron chi connectivity index (χ3n) is 4.34. The molecule has 0 bridgehead atoms. The van der Waals surface area contributed by atoms with Crippen molar-refractivity contribution >= 4 is 11.7 Å². The molecule has 0 aliphatic carbocycles. The molecule has 3 aromatic rings. The van der Waals surface area contributed by atoms with Gasteiger partial charge in [-0.15, -0.1) is 0 Å². The number of aryl methyl sites for hydroxylation is 2. The summed E-state index contributed by atoms with van der Waals surface area (Å²) in [4.78, 5) is 12.6. The zero-order chi connectivity index (χ0) is 19.8. The van der Waals surface area contributed by atoms with Gasteiger partial charge in [0.1, 0.15) is 17.4 Å². The molecule has 0 saturated carbocycles. The zero-order valence-electron chi connectivity index (χ0n) is 16.1. The predicted molar refractivity (Wildman–Crippen MR) is 101 cm³/mol. The van der Waals surface area contributed by atoms with Crippen molar-refractivity contribution in [3.05, 3.63) is 58.9 Å². The van der Waals surface area contributed by atoms with E-state index in [1.165, 1.54) is 12.1 Å². The van der Waals surface area contributed by atoms with Crippen LogP contribution in [-0.2, 0) is 16.6 Å². The van der Waals surface area contributed by atoms with Crippen molar-refractivity contribution in [2.45, 2.75) is 46.5 Å². The molecule has 0 aliphatic heterocycles. The van der Waals surface area contributed by atoms with Crippen LogP contribution in [-0.4, -0.2) is 20.8 Å². The van der Waals surface area contributed by atoms with E-state index in [-0.39, 0.29) is 23.6 Å². The minimum Gasteiger partial charge on any atom is -0.361 e. The van der Waals surface area contributed by atoms with Crippen LogP contribution in [0.4, 0.5) is 10.2 Å². The first-order valence-electron chi connectivity index (χ1n) is 8.73.